The monoisotopic (exact) mass is 490 g/mol. The summed E-state index contributed by atoms with van der Waals surface area (Å²) in [5.41, 5.74) is 5.61. The molecule has 2 heterocycles. The minimum absolute atomic E-state index is 0.176. The van der Waals surface area contributed by atoms with Crippen LogP contribution < -0.4 is 5.56 Å². The number of halogens is 1. The molecule has 0 fully saturated rings. The molecule has 4 rings (SSSR count). The van der Waals surface area contributed by atoms with Gasteiger partial charge in [0.2, 0.25) is 0 Å². The maximum Gasteiger partial charge on any atom is 0.282 e. The third-order valence-corrected chi connectivity index (χ3v) is 6.05. The Morgan fingerprint density at radius 3 is 2.34 bits per heavy atom. The predicted molar refractivity (Wildman–Crippen MR) is 135 cm³/mol. The smallest absolute Gasteiger partial charge is 0.282 e. The molecule has 2 aromatic carbocycles. The van der Waals surface area contributed by atoms with Gasteiger partial charge in [-0.05, 0) is 57.2 Å². The fourth-order valence-corrected chi connectivity index (χ4v) is 4.23. The van der Waals surface area contributed by atoms with E-state index in [4.69, 9.17) is 4.98 Å². The van der Waals surface area contributed by atoms with Gasteiger partial charge in [0.1, 0.15) is 5.82 Å². The second kappa shape index (κ2) is 8.17. The third kappa shape index (κ3) is 4.07. The highest BCUT2D eigenvalue weighted by Crippen LogP contribution is 2.24. The first-order chi connectivity index (χ1) is 15.1. The second-order valence-electron chi connectivity index (χ2n) is 9.21. The summed E-state index contributed by atoms with van der Waals surface area (Å²) in [6, 6.07) is 16.1. The van der Waals surface area contributed by atoms with Crippen molar-refractivity contribution in [1.29, 1.82) is 0 Å². The van der Waals surface area contributed by atoms with E-state index in [-0.39, 0.29) is 11.0 Å². The summed E-state index contributed by atoms with van der Waals surface area (Å²) in [5.74, 6) is 0.626. The van der Waals surface area contributed by atoms with Crippen LogP contribution in [0.15, 0.2) is 62.9 Å². The summed E-state index contributed by atoms with van der Waals surface area (Å²) >= 11 is 3.45. The molecule has 0 amide bonds. The van der Waals surface area contributed by atoms with Crippen LogP contribution in [0.1, 0.15) is 49.1 Å². The normalized spacial score (nSPS) is 12.2. The standard InChI is InChI=1S/C26H27BrN4O/c1-16-7-10-21(11-8-16)30-17(2)13-19(18(30)3)15-28-31-24(32)22-14-20(27)9-12-23(22)29-25(31)26(4,5)6/h7-15H,1-6H3. The number of hydrogen-bond acceptors (Lipinski definition) is 3. The molecule has 5 nitrogen and oxygen atoms in total. The zero-order valence-corrected chi connectivity index (χ0v) is 20.9. The van der Waals surface area contributed by atoms with Crippen molar-refractivity contribution >= 4 is 33.0 Å². The molecule has 0 atom stereocenters. The lowest BCUT2D eigenvalue weighted by Crippen LogP contribution is -2.29. The first-order valence-corrected chi connectivity index (χ1v) is 11.4. The summed E-state index contributed by atoms with van der Waals surface area (Å²) in [7, 11) is 0. The number of rotatable bonds is 3. The predicted octanol–water partition coefficient (Wildman–Crippen LogP) is 6.05. The van der Waals surface area contributed by atoms with Gasteiger partial charge in [-0.1, -0.05) is 54.4 Å². The van der Waals surface area contributed by atoms with Crippen LogP contribution in [0.2, 0.25) is 0 Å². The van der Waals surface area contributed by atoms with Gasteiger partial charge < -0.3 is 4.57 Å². The van der Waals surface area contributed by atoms with E-state index in [1.54, 1.807) is 12.3 Å². The summed E-state index contributed by atoms with van der Waals surface area (Å²) in [6.45, 7) is 12.3. The molecule has 0 aliphatic heterocycles. The van der Waals surface area contributed by atoms with Gasteiger partial charge in [0.05, 0.1) is 17.1 Å². The molecule has 2 aromatic heterocycles. The number of aryl methyl sites for hydroxylation is 2. The fourth-order valence-electron chi connectivity index (χ4n) is 3.87. The quantitative estimate of drug-likeness (QED) is 0.328. The minimum atomic E-state index is -0.351. The number of nitrogens with zero attached hydrogens (tertiary/aromatic N) is 4. The molecule has 164 valence electrons. The molecule has 6 heteroatoms. The fraction of sp³-hybridized carbons (Fsp3) is 0.269. The first-order valence-electron chi connectivity index (χ1n) is 10.6. The van der Waals surface area contributed by atoms with Gasteiger partial charge in [0.25, 0.3) is 5.56 Å². The molecular formula is C26H27BrN4O. The molecule has 4 aromatic rings. The molecule has 32 heavy (non-hydrogen) atoms. The Labute approximate surface area is 196 Å². The molecule has 0 aliphatic carbocycles. The molecule has 0 saturated heterocycles. The van der Waals surface area contributed by atoms with E-state index < -0.39 is 0 Å². The van der Waals surface area contributed by atoms with Gasteiger partial charge in [0, 0.05) is 32.5 Å². The van der Waals surface area contributed by atoms with E-state index in [9.17, 15) is 4.79 Å². The first kappa shape index (κ1) is 22.2. The van der Waals surface area contributed by atoms with Crippen LogP contribution in [-0.4, -0.2) is 20.4 Å². The van der Waals surface area contributed by atoms with E-state index in [0.29, 0.717) is 16.7 Å². The van der Waals surface area contributed by atoms with Crippen molar-refractivity contribution in [1.82, 2.24) is 14.2 Å². The Kier molecular flexibility index (Phi) is 5.67. The molecular weight excluding hydrogens is 464 g/mol. The van der Waals surface area contributed by atoms with Gasteiger partial charge >= 0.3 is 0 Å². The van der Waals surface area contributed by atoms with Gasteiger partial charge in [-0.3, -0.25) is 4.79 Å². The Hall–Kier alpha value is -2.99. The van der Waals surface area contributed by atoms with Crippen LogP contribution in [0.4, 0.5) is 0 Å². The lowest BCUT2D eigenvalue weighted by molar-refractivity contribution is 0.506. The zero-order valence-electron chi connectivity index (χ0n) is 19.3. The van der Waals surface area contributed by atoms with Gasteiger partial charge in [0.15, 0.2) is 0 Å². The van der Waals surface area contributed by atoms with Crippen LogP contribution >= 0.6 is 15.9 Å². The highest BCUT2D eigenvalue weighted by molar-refractivity contribution is 9.10. The highest BCUT2D eigenvalue weighted by atomic mass is 79.9. The van der Waals surface area contributed by atoms with Crippen molar-refractivity contribution in [2.45, 2.75) is 47.0 Å². The van der Waals surface area contributed by atoms with Crippen molar-refractivity contribution < 1.29 is 0 Å². The lowest BCUT2D eigenvalue weighted by Gasteiger charge is -2.20. The average molecular weight is 491 g/mol. The molecule has 0 bridgehead atoms. The number of aromatic nitrogens is 3. The van der Waals surface area contributed by atoms with Crippen LogP contribution in [0.5, 0.6) is 0 Å². The Bertz CT molecular complexity index is 1400. The maximum absolute atomic E-state index is 13.4. The summed E-state index contributed by atoms with van der Waals surface area (Å²) in [5, 5.41) is 5.17. The van der Waals surface area contributed by atoms with Crippen molar-refractivity contribution in [3.8, 4) is 5.69 Å². The van der Waals surface area contributed by atoms with Crippen LogP contribution in [-0.2, 0) is 5.41 Å². The number of fused-ring (bicyclic) bond motifs is 1. The third-order valence-electron chi connectivity index (χ3n) is 5.55. The maximum atomic E-state index is 13.4. The summed E-state index contributed by atoms with van der Waals surface area (Å²) in [4.78, 5) is 18.1. The van der Waals surface area contributed by atoms with Gasteiger partial charge in [-0.15, -0.1) is 0 Å². The average Bonchev–Trinajstić information content (AvgIpc) is 3.01. The Morgan fingerprint density at radius 1 is 1.00 bits per heavy atom. The summed E-state index contributed by atoms with van der Waals surface area (Å²) in [6.07, 6.45) is 1.76. The second-order valence-corrected chi connectivity index (χ2v) is 10.1. The van der Waals surface area contributed by atoms with E-state index in [2.05, 4.69) is 76.7 Å². The van der Waals surface area contributed by atoms with Gasteiger partial charge in [-0.2, -0.15) is 9.78 Å². The van der Waals surface area contributed by atoms with Crippen LogP contribution in [0.25, 0.3) is 16.6 Å². The van der Waals surface area contributed by atoms with Gasteiger partial charge in [-0.25, -0.2) is 4.98 Å². The molecule has 0 saturated carbocycles. The Morgan fingerprint density at radius 2 is 1.69 bits per heavy atom. The lowest BCUT2D eigenvalue weighted by atomic mass is 9.95. The molecule has 0 N–H and O–H groups in total. The van der Waals surface area contributed by atoms with E-state index in [1.807, 2.05) is 32.9 Å². The van der Waals surface area contributed by atoms with Crippen molar-refractivity contribution in [2.24, 2.45) is 5.10 Å². The SMILES string of the molecule is Cc1ccc(-n2c(C)cc(C=Nn3c(C(C)(C)C)nc4ccc(Br)cc4c3=O)c2C)cc1. The molecule has 0 aliphatic rings. The number of benzene rings is 2. The van der Waals surface area contributed by atoms with Crippen molar-refractivity contribution in [3.63, 3.8) is 0 Å². The Balaban J connectivity index is 1.86. The van der Waals surface area contributed by atoms with E-state index in [0.717, 1.165) is 27.1 Å². The largest absolute Gasteiger partial charge is 0.318 e. The highest BCUT2D eigenvalue weighted by Gasteiger charge is 2.23. The molecule has 0 spiro atoms. The zero-order chi connectivity index (χ0) is 23.2. The van der Waals surface area contributed by atoms with Crippen molar-refractivity contribution in [2.75, 3.05) is 0 Å². The summed E-state index contributed by atoms with van der Waals surface area (Å²) < 4.78 is 4.47. The molecule has 0 unspecified atom stereocenters. The van der Waals surface area contributed by atoms with E-state index in [1.165, 1.54) is 10.2 Å². The van der Waals surface area contributed by atoms with Crippen molar-refractivity contribution in [3.05, 3.63) is 91.7 Å². The van der Waals surface area contributed by atoms with Crippen LogP contribution in [0, 0.1) is 20.8 Å². The van der Waals surface area contributed by atoms with E-state index >= 15 is 0 Å². The number of hydrogen-bond donors (Lipinski definition) is 0. The minimum Gasteiger partial charge on any atom is -0.318 e. The molecule has 0 radical (unpaired) electrons. The topological polar surface area (TPSA) is 52.2 Å². The van der Waals surface area contributed by atoms with Crippen LogP contribution in [0.3, 0.4) is 0 Å².